The van der Waals surface area contributed by atoms with E-state index in [1.54, 1.807) is 30.3 Å². The maximum absolute atomic E-state index is 12.0. The SMILES string of the molecule is CO[C@H]1O[C@H](CO)[C@@H](OC(=O)c2ccccc2)[C@H](O)[C@@H]1O. The largest absolute Gasteiger partial charge is 0.453 e. The molecule has 0 aliphatic carbocycles. The standard InChI is InChI=1S/C14H18O7/c1-19-14-11(17)10(16)12(9(7-15)20-14)21-13(18)8-5-3-2-4-6-8/h2-6,9-12,14-17H,7H2,1H3/t9-,10-,11+,12-,14+/m1/s1. The summed E-state index contributed by atoms with van der Waals surface area (Å²) in [6.45, 7) is -0.490. The number of aliphatic hydroxyl groups is 3. The van der Waals surface area contributed by atoms with Crippen LogP contribution in [0.15, 0.2) is 30.3 Å². The van der Waals surface area contributed by atoms with Crippen molar-refractivity contribution in [3.8, 4) is 0 Å². The lowest BCUT2D eigenvalue weighted by molar-refractivity contribution is -0.293. The summed E-state index contributed by atoms with van der Waals surface area (Å²) in [5.74, 6) is -0.676. The molecule has 1 aromatic carbocycles. The summed E-state index contributed by atoms with van der Waals surface area (Å²) < 4.78 is 15.3. The van der Waals surface area contributed by atoms with E-state index in [1.165, 1.54) is 7.11 Å². The smallest absolute Gasteiger partial charge is 0.338 e. The lowest BCUT2D eigenvalue weighted by Crippen LogP contribution is -2.60. The summed E-state index contributed by atoms with van der Waals surface area (Å²) in [5.41, 5.74) is 0.296. The van der Waals surface area contributed by atoms with Gasteiger partial charge in [-0.25, -0.2) is 4.79 Å². The first-order valence-corrected chi connectivity index (χ1v) is 6.49. The average Bonchev–Trinajstić information content (AvgIpc) is 2.53. The number of carbonyl (C=O) groups is 1. The fraction of sp³-hybridized carbons (Fsp3) is 0.500. The minimum atomic E-state index is -1.42. The van der Waals surface area contributed by atoms with E-state index in [4.69, 9.17) is 14.2 Å². The molecule has 0 spiro atoms. The lowest BCUT2D eigenvalue weighted by atomic mass is 9.99. The van der Waals surface area contributed by atoms with E-state index in [-0.39, 0.29) is 0 Å². The molecule has 0 radical (unpaired) electrons. The zero-order chi connectivity index (χ0) is 15.4. The first kappa shape index (κ1) is 15.9. The van der Waals surface area contributed by atoms with E-state index < -0.39 is 43.3 Å². The van der Waals surface area contributed by atoms with Crippen molar-refractivity contribution in [2.24, 2.45) is 0 Å². The van der Waals surface area contributed by atoms with Gasteiger partial charge in [0.2, 0.25) is 0 Å². The van der Waals surface area contributed by atoms with Gasteiger partial charge in [0, 0.05) is 7.11 Å². The summed E-state index contributed by atoms with van der Waals surface area (Å²) in [5, 5.41) is 29.2. The van der Waals surface area contributed by atoms with Crippen LogP contribution in [0.25, 0.3) is 0 Å². The molecule has 1 aromatic rings. The number of benzene rings is 1. The molecular weight excluding hydrogens is 280 g/mol. The van der Waals surface area contributed by atoms with E-state index in [2.05, 4.69) is 0 Å². The monoisotopic (exact) mass is 298 g/mol. The summed E-state index contributed by atoms with van der Waals surface area (Å²) in [6, 6.07) is 8.20. The second-order valence-electron chi connectivity index (χ2n) is 4.68. The van der Waals surface area contributed by atoms with Crippen molar-refractivity contribution in [2.75, 3.05) is 13.7 Å². The van der Waals surface area contributed by atoms with Crippen LogP contribution >= 0.6 is 0 Å². The summed E-state index contributed by atoms with van der Waals surface area (Å²) in [6.07, 6.45) is -6.08. The number of carbonyl (C=O) groups excluding carboxylic acids is 1. The van der Waals surface area contributed by atoms with Crippen LogP contribution in [0.1, 0.15) is 10.4 Å². The van der Waals surface area contributed by atoms with Gasteiger partial charge in [0.05, 0.1) is 12.2 Å². The Morgan fingerprint density at radius 1 is 1.24 bits per heavy atom. The number of rotatable bonds is 4. The van der Waals surface area contributed by atoms with Gasteiger partial charge in [-0.3, -0.25) is 0 Å². The van der Waals surface area contributed by atoms with Crippen LogP contribution in [-0.4, -0.2) is 65.7 Å². The van der Waals surface area contributed by atoms with Crippen molar-refractivity contribution >= 4 is 5.97 Å². The van der Waals surface area contributed by atoms with Crippen LogP contribution in [-0.2, 0) is 14.2 Å². The Labute approximate surface area is 121 Å². The van der Waals surface area contributed by atoms with Crippen LogP contribution in [0.4, 0.5) is 0 Å². The van der Waals surface area contributed by atoms with E-state index in [9.17, 15) is 20.1 Å². The van der Waals surface area contributed by atoms with E-state index in [1.807, 2.05) is 0 Å². The Hall–Kier alpha value is -1.51. The molecule has 0 saturated carbocycles. The molecule has 0 aromatic heterocycles. The molecule has 0 bridgehead atoms. The molecule has 1 saturated heterocycles. The molecule has 3 N–H and O–H groups in total. The van der Waals surface area contributed by atoms with Crippen molar-refractivity contribution in [2.45, 2.75) is 30.7 Å². The van der Waals surface area contributed by atoms with Crippen LogP contribution in [0.2, 0.25) is 0 Å². The minimum Gasteiger partial charge on any atom is -0.453 e. The fourth-order valence-electron chi connectivity index (χ4n) is 2.16. The molecule has 116 valence electrons. The van der Waals surface area contributed by atoms with Crippen molar-refractivity contribution in [1.29, 1.82) is 0 Å². The third-order valence-electron chi connectivity index (χ3n) is 3.31. The molecule has 21 heavy (non-hydrogen) atoms. The highest BCUT2D eigenvalue weighted by molar-refractivity contribution is 5.89. The van der Waals surface area contributed by atoms with Crippen molar-refractivity contribution in [3.05, 3.63) is 35.9 Å². The number of hydrogen-bond acceptors (Lipinski definition) is 7. The third kappa shape index (κ3) is 3.39. The van der Waals surface area contributed by atoms with Gasteiger partial charge in [-0.1, -0.05) is 18.2 Å². The quantitative estimate of drug-likeness (QED) is 0.631. The Bertz CT molecular complexity index is 462. The number of esters is 1. The maximum Gasteiger partial charge on any atom is 0.338 e. The zero-order valence-electron chi connectivity index (χ0n) is 11.5. The van der Waals surface area contributed by atoms with Gasteiger partial charge >= 0.3 is 5.97 Å². The maximum atomic E-state index is 12.0. The molecule has 1 fully saturated rings. The summed E-state index contributed by atoms with van der Waals surface area (Å²) >= 11 is 0. The van der Waals surface area contributed by atoms with Crippen molar-refractivity contribution in [1.82, 2.24) is 0 Å². The van der Waals surface area contributed by atoms with Gasteiger partial charge in [-0.2, -0.15) is 0 Å². The lowest BCUT2D eigenvalue weighted by Gasteiger charge is -2.40. The molecule has 1 aliphatic heterocycles. The molecule has 1 aliphatic rings. The van der Waals surface area contributed by atoms with Crippen molar-refractivity contribution < 1.29 is 34.3 Å². The molecule has 0 amide bonds. The minimum absolute atomic E-state index is 0.296. The highest BCUT2D eigenvalue weighted by Gasteiger charge is 2.46. The fourth-order valence-corrected chi connectivity index (χ4v) is 2.16. The van der Waals surface area contributed by atoms with E-state index >= 15 is 0 Å². The normalized spacial score (nSPS) is 32.7. The zero-order valence-corrected chi connectivity index (χ0v) is 11.5. The molecule has 2 rings (SSSR count). The predicted octanol–water partition coefficient (Wildman–Crippen LogP) is -0.703. The van der Waals surface area contributed by atoms with E-state index in [0.29, 0.717) is 5.56 Å². The average molecular weight is 298 g/mol. The Morgan fingerprint density at radius 3 is 2.48 bits per heavy atom. The molecule has 7 nitrogen and oxygen atoms in total. The molecular formula is C14H18O7. The first-order chi connectivity index (χ1) is 10.1. The summed E-state index contributed by atoms with van der Waals surface area (Å²) in [7, 11) is 1.30. The van der Waals surface area contributed by atoms with Crippen LogP contribution in [0.5, 0.6) is 0 Å². The van der Waals surface area contributed by atoms with Crippen molar-refractivity contribution in [3.63, 3.8) is 0 Å². The Kier molecular flexibility index (Phi) is 5.27. The molecule has 7 heteroatoms. The Morgan fingerprint density at radius 2 is 1.90 bits per heavy atom. The predicted molar refractivity (Wildman–Crippen MR) is 70.4 cm³/mol. The van der Waals surface area contributed by atoms with Gasteiger partial charge < -0.3 is 29.5 Å². The van der Waals surface area contributed by atoms with Gasteiger partial charge in [-0.15, -0.1) is 0 Å². The molecule has 1 heterocycles. The number of ether oxygens (including phenoxy) is 3. The number of methoxy groups -OCH3 is 1. The van der Waals surface area contributed by atoms with Crippen LogP contribution < -0.4 is 0 Å². The second kappa shape index (κ2) is 6.97. The van der Waals surface area contributed by atoms with Crippen LogP contribution in [0.3, 0.4) is 0 Å². The Balaban J connectivity index is 2.11. The number of hydrogen-bond donors (Lipinski definition) is 3. The molecule has 5 atom stereocenters. The highest BCUT2D eigenvalue weighted by atomic mass is 16.7. The van der Waals surface area contributed by atoms with Crippen LogP contribution in [0, 0.1) is 0 Å². The van der Waals surface area contributed by atoms with Gasteiger partial charge in [0.25, 0.3) is 0 Å². The van der Waals surface area contributed by atoms with Gasteiger partial charge in [0.15, 0.2) is 12.4 Å². The second-order valence-corrected chi connectivity index (χ2v) is 4.68. The number of aliphatic hydroxyl groups excluding tert-OH is 3. The molecule has 0 unspecified atom stereocenters. The van der Waals surface area contributed by atoms with Gasteiger partial charge in [0.1, 0.15) is 18.3 Å². The van der Waals surface area contributed by atoms with E-state index in [0.717, 1.165) is 0 Å². The summed E-state index contributed by atoms with van der Waals surface area (Å²) in [4.78, 5) is 12.0. The highest BCUT2D eigenvalue weighted by Crippen LogP contribution is 2.24. The third-order valence-corrected chi connectivity index (χ3v) is 3.31. The van der Waals surface area contributed by atoms with Gasteiger partial charge in [-0.05, 0) is 12.1 Å². The topological polar surface area (TPSA) is 105 Å². The first-order valence-electron chi connectivity index (χ1n) is 6.49.